The predicted octanol–water partition coefficient (Wildman–Crippen LogP) is 2.19. The Hall–Kier alpha value is -1.71. The van der Waals surface area contributed by atoms with E-state index in [1.807, 2.05) is 18.2 Å². The van der Waals surface area contributed by atoms with Crippen molar-refractivity contribution in [1.82, 2.24) is 4.90 Å². The van der Waals surface area contributed by atoms with E-state index >= 15 is 0 Å². The largest absolute Gasteiger partial charge is 0.496 e. The molecule has 2 rings (SSSR count). The molecule has 0 atom stereocenters. The molecular weight excluding hydrogens is 204 g/mol. The van der Waals surface area contributed by atoms with E-state index in [-0.39, 0.29) is 6.04 Å². The highest BCUT2D eigenvalue weighted by atomic mass is 16.5. The summed E-state index contributed by atoms with van der Waals surface area (Å²) < 4.78 is 5.28. The number of hydrogen-bond donors (Lipinski definition) is 0. The van der Waals surface area contributed by atoms with Crippen molar-refractivity contribution >= 4 is 0 Å². The van der Waals surface area contributed by atoms with Gasteiger partial charge in [-0.3, -0.25) is 4.90 Å². The SMILES string of the molecule is COc1ccccc1CN1CC(N=[N+]=[N-])C1. The van der Waals surface area contributed by atoms with Crippen molar-refractivity contribution in [3.05, 3.63) is 40.3 Å². The van der Waals surface area contributed by atoms with Gasteiger partial charge >= 0.3 is 0 Å². The van der Waals surface area contributed by atoms with Crippen LogP contribution in [0.3, 0.4) is 0 Å². The molecule has 0 saturated carbocycles. The van der Waals surface area contributed by atoms with Crippen molar-refractivity contribution in [3.63, 3.8) is 0 Å². The Morgan fingerprint density at radius 3 is 2.94 bits per heavy atom. The smallest absolute Gasteiger partial charge is 0.123 e. The third-order valence-corrected chi connectivity index (χ3v) is 2.74. The van der Waals surface area contributed by atoms with Crippen LogP contribution in [-0.4, -0.2) is 31.1 Å². The average molecular weight is 218 g/mol. The number of methoxy groups -OCH3 is 1. The molecule has 5 nitrogen and oxygen atoms in total. The van der Waals surface area contributed by atoms with Gasteiger partial charge in [0.05, 0.1) is 13.2 Å². The minimum Gasteiger partial charge on any atom is -0.496 e. The van der Waals surface area contributed by atoms with Crippen LogP contribution in [0.5, 0.6) is 5.75 Å². The molecule has 0 spiro atoms. The number of hydrogen-bond acceptors (Lipinski definition) is 3. The molecule has 1 heterocycles. The van der Waals surface area contributed by atoms with Crippen LogP contribution in [0.1, 0.15) is 5.56 Å². The van der Waals surface area contributed by atoms with Gasteiger partial charge in [-0.2, -0.15) is 0 Å². The quantitative estimate of drug-likeness (QED) is 0.442. The van der Waals surface area contributed by atoms with Gasteiger partial charge in [0.25, 0.3) is 0 Å². The predicted molar refractivity (Wildman–Crippen MR) is 61.2 cm³/mol. The van der Waals surface area contributed by atoms with Gasteiger partial charge in [-0.1, -0.05) is 23.3 Å². The standard InChI is InChI=1S/C11H14N4O/c1-16-11-5-3-2-4-9(11)6-15-7-10(8-15)13-14-12/h2-5,10H,6-8H2,1H3. The highest BCUT2D eigenvalue weighted by Gasteiger charge is 2.25. The first-order valence-corrected chi connectivity index (χ1v) is 5.22. The van der Waals surface area contributed by atoms with E-state index in [2.05, 4.69) is 21.0 Å². The molecule has 0 N–H and O–H groups in total. The van der Waals surface area contributed by atoms with Crippen LogP contribution >= 0.6 is 0 Å². The lowest BCUT2D eigenvalue weighted by Crippen LogP contribution is -2.48. The van der Waals surface area contributed by atoms with E-state index in [0.717, 1.165) is 25.4 Å². The molecule has 1 aliphatic heterocycles. The Balaban J connectivity index is 1.93. The molecule has 0 unspecified atom stereocenters. The first kappa shape index (κ1) is 10.8. The van der Waals surface area contributed by atoms with E-state index in [1.165, 1.54) is 5.56 Å². The van der Waals surface area contributed by atoms with Crippen LogP contribution in [0.15, 0.2) is 29.4 Å². The van der Waals surface area contributed by atoms with Crippen LogP contribution < -0.4 is 4.74 Å². The first-order chi connectivity index (χ1) is 7.83. The summed E-state index contributed by atoms with van der Waals surface area (Å²) >= 11 is 0. The second-order valence-electron chi connectivity index (χ2n) is 3.86. The topological polar surface area (TPSA) is 61.2 Å². The van der Waals surface area contributed by atoms with Crippen molar-refractivity contribution in [2.45, 2.75) is 12.6 Å². The molecule has 1 saturated heterocycles. The number of azide groups is 1. The molecule has 0 aromatic heterocycles. The van der Waals surface area contributed by atoms with E-state index in [0.29, 0.717) is 0 Å². The monoisotopic (exact) mass is 218 g/mol. The molecule has 0 bridgehead atoms. The van der Waals surface area contributed by atoms with Crippen molar-refractivity contribution < 1.29 is 4.74 Å². The van der Waals surface area contributed by atoms with E-state index in [1.54, 1.807) is 7.11 Å². The van der Waals surface area contributed by atoms with Gasteiger partial charge in [0.15, 0.2) is 0 Å². The molecule has 0 radical (unpaired) electrons. The lowest BCUT2D eigenvalue weighted by atomic mass is 10.1. The number of ether oxygens (including phenoxy) is 1. The van der Waals surface area contributed by atoms with Crippen molar-refractivity contribution in [2.75, 3.05) is 20.2 Å². The molecule has 0 aliphatic carbocycles. The zero-order valence-electron chi connectivity index (χ0n) is 9.21. The second-order valence-corrected chi connectivity index (χ2v) is 3.86. The minimum atomic E-state index is 0.139. The number of nitrogens with zero attached hydrogens (tertiary/aromatic N) is 4. The maximum absolute atomic E-state index is 8.28. The zero-order valence-corrected chi connectivity index (χ0v) is 9.21. The summed E-state index contributed by atoms with van der Waals surface area (Å²) in [7, 11) is 1.68. The lowest BCUT2D eigenvalue weighted by molar-refractivity contribution is 0.141. The van der Waals surface area contributed by atoms with Crippen LogP contribution in [0.25, 0.3) is 10.4 Å². The molecular formula is C11H14N4O. The third kappa shape index (κ3) is 2.27. The van der Waals surface area contributed by atoms with Crippen LogP contribution in [0.2, 0.25) is 0 Å². The fourth-order valence-electron chi connectivity index (χ4n) is 1.89. The summed E-state index contributed by atoms with van der Waals surface area (Å²) in [5.74, 6) is 0.912. The van der Waals surface area contributed by atoms with E-state index in [9.17, 15) is 0 Å². The number of rotatable bonds is 4. The molecule has 1 fully saturated rings. The third-order valence-electron chi connectivity index (χ3n) is 2.74. The van der Waals surface area contributed by atoms with E-state index < -0.39 is 0 Å². The molecule has 16 heavy (non-hydrogen) atoms. The van der Waals surface area contributed by atoms with Gasteiger partial charge in [-0.15, -0.1) is 0 Å². The first-order valence-electron chi connectivity index (χ1n) is 5.22. The zero-order chi connectivity index (χ0) is 11.4. The molecule has 84 valence electrons. The summed E-state index contributed by atoms with van der Waals surface area (Å²) in [4.78, 5) is 5.04. The summed E-state index contributed by atoms with van der Waals surface area (Å²) in [6.07, 6.45) is 0. The van der Waals surface area contributed by atoms with Gasteiger partial charge in [0.2, 0.25) is 0 Å². The Morgan fingerprint density at radius 2 is 2.25 bits per heavy atom. The highest BCUT2D eigenvalue weighted by Crippen LogP contribution is 2.22. The van der Waals surface area contributed by atoms with E-state index in [4.69, 9.17) is 10.3 Å². The summed E-state index contributed by atoms with van der Waals surface area (Å²) in [5.41, 5.74) is 9.45. The highest BCUT2D eigenvalue weighted by molar-refractivity contribution is 5.33. The normalized spacial score (nSPS) is 16.3. The van der Waals surface area contributed by atoms with Crippen LogP contribution in [0, 0.1) is 0 Å². The van der Waals surface area contributed by atoms with Crippen molar-refractivity contribution in [3.8, 4) is 5.75 Å². The van der Waals surface area contributed by atoms with Gasteiger partial charge in [-0.05, 0) is 11.6 Å². The number of para-hydroxylation sites is 1. The Labute approximate surface area is 94.3 Å². The molecule has 1 aromatic carbocycles. The Morgan fingerprint density at radius 1 is 1.50 bits per heavy atom. The molecule has 1 aliphatic rings. The maximum atomic E-state index is 8.28. The van der Waals surface area contributed by atoms with Gasteiger partial charge in [0, 0.05) is 30.1 Å². The van der Waals surface area contributed by atoms with Crippen molar-refractivity contribution in [2.24, 2.45) is 5.11 Å². The fraction of sp³-hybridized carbons (Fsp3) is 0.455. The maximum Gasteiger partial charge on any atom is 0.123 e. The Bertz CT molecular complexity index is 408. The fourth-order valence-corrected chi connectivity index (χ4v) is 1.89. The second kappa shape index (κ2) is 4.88. The van der Waals surface area contributed by atoms with Gasteiger partial charge < -0.3 is 4.74 Å². The van der Waals surface area contributed by atoms with Gasteiger partial charge in [0.1, 0.15) is 5.75 Å². The van der Waals surface area contributed by atoms with Gasteiger partial charge in [-0.25, -0.2) is 0 Å². The minimum absolute atomic E-state index is 0.139. The lowest BCUT2D eigenvalue weighted by Gasteiger charge is -2.36. The summed E-state index contributed by atoms with van der Waals surface area (Å²) in [5, 5.41) is 3.67. The average Bonchev–Trinajstić information content (AvgIpc) is 2.27. The van der Waals surface area contributed by atoms with Crippen LogP contribution in [-0.2, 0) is 6.54 Å². The Kier molecular flexibility index (Phi) is 3.29. The summed E-state index contributed by atoms with van der Waals surface area (Å²) in [6.45, 7) is 2.52. The number of benzene rings is 1. The van der Waals surface area contributed by atoms with Crippen molar-refractivity contribution in [1.29, 1.82) is 0 Å². The summed E-state index contributed by atoms with van der Waals surface area (Å²) in [6, 6.07) is 8.11. The molecule has 5 heteroatoms. The molecule has 1 aromatic rings. The molecule has 0 amide bonds. The number of likely N-dealkylation sites (tertiary alicyclic amines) is 1. The van der Waals surface area contributed by atoms with Crippen LogP contribution in [0.4, 0.5) is 0 Å².